The molecule has 1 aliphatic heterocycles. The summed E-state index contributed by atoms with van der Waals surface area (Å²) in [5, 5.41) is 17.9. The van der Waals surface area contributed by atoms with Gasteiger partial charge in [-0.3, -0.25) is 14.9 Å². The maximum Gasteiger partial charge on any atom is 0.282 e. The highest BCUT2D eigenvalue weighted by Crippen LogP contribution is 2.37. The Morgan fingerprint density at radius 1 is 1.33 bits per heavy atom. The van der Waals surface area contributed by atoms with Crippen LogP contribution >= 0.6 is 0 Å². The second-order valence-corrected chi connectivity index (χ2v) is 5.37. The largest absolute Gasteiger partial charge is 0.495 e. The summed E-state index contributed by atoms with van der Waals surface area (Å²) in [6.07, 6.45) is 1.18. The first-order chi connectivity index (χ1) is 13.1. The first kappa shape index (κ1) is 18.0. The number of fused-ring (bicyclic) bond motifs is 1. The van der Waals surface area contributed by atoms with Crippen molar-refractivity contribution in [3.63, 3.8) is 0 Å². The molecule has 0 atom stereocenters. The summed E-state index contributed by atoms with van der Waals surface area (Å²) in [4.78, 5) is 22.5. The molecule has 2 aromatic carbocycles. The first-order valence-electron chi connectivity index (χ1n) is 7.85. The van der Waals surface area contributed by atoms with Gasteiger partial charge in [0.25, 0.3) is 11.6 Å². The van der Waals surface area contributed by atoms with E-state index in [-0.39, 0.29) is 24.6 Å². The van der Waals surface area contributed by atoms with Crippen LogP contribution in [0.1, 0.15) is 5.56 Å². The molecule has 0 aromatic heterocycles. The number of carbonyl (C=O) groups excluding carboxylic acids is 1. The van der Waals surface area contributed by atoms with Gasteiger partial charge in [-0.1, -0.05) is 12.1 Å². The van der Waals surface area contributed by atoms with E-state index in [2.05, 4.69) is 15.8 Å². The fraction of sp³-hybridized carbons (Fsp3) is 0.176. The van der Waals surface area contributed by atoms with Gasteiger partial charge in [-0.25, -0.2) is 5.43 Å². The maximum atomic E-state index is 11.9. The highest BCUT2D eigenvalue weighted by molar-refractivity contribution is 5.88. The van der Waals surface area contributed by atoms with Crippen LogP contribution in [0.25, 0.3) is 0 Å². The SMILES string of the molecule is COc1ccccc1NCC(=O)N/N=C/c1cc2c(cc1[N+](=O)[O-])OCO2. The van der Waals surface area contributed by atoms with Gasteiger partial charge in [0.1, 0.15) is 5.75 Å². The van der Waals surface area contributed by atoms with E-state index in [9.17, 15) is 14.9 Å². The maximum absolute atomic E-state index is 11.9. The minimum Gasteiger partial charge on any atom is -0.495 e. The number of methoxy groups -OCH3 is 1. The average Bonchev–Trinajstić information content (AvgIpc) is 3.13. The molecule has 1 aliphatic rings. The topological polar surface area (TPSA) is 124 Å². The highest BCUT2D eigenvalue weighted by Gasteiger charge is 2.22. The van der Waals surface area contributed by atoms with Crippen molar-refractivity contribution in [1.82, 2.24) is 5.43 Å². The summed E-state index contributed by atoms with van der Waals surface area (Å²) in [5.74, 6) is 0.848. The van der Waals surface area contributed by atoms with Crippen LogP contribution in [-0.4, -0.2) is 37.5 Å². The van der Waals surface area contributed by atoms with Crippen molar-refractivity contribution in [2.45, 2.75) is 0 Å². The van der Waals surface area contributed by atoms with Crippen LogP contribution in [0.5, 0.6) is 17.2 Å². The molecular formula is C17H16N4O6. The van der Waals surface area contributed by atoms with Gasteiger partial charge >= 0.3 is 0 Å². The molecule has 1 heterocycles. The minimum atomic E-state index is -0.561. The van der Waals surface area contributed by atoms with Gasteiger partial charge in [0, 0.05) is 0 Å². The van der Waals surface area contributed by atoms with E-state index in [1.807, 2.05) is 6.07 Å². The Morgan fingerprint density at radius 2 is 2.07 bits per heavy atom. The van der Waals surface area contributed by atoms with Gasteiger partial charge in [-0.2, -0.15) is 5.10 Å². The lowest BCUT2D eigenvalue weighted by Crippen LogP contribution is -2.26. The molecular weight excluding hydrogens is 356 g/mol. The highest BCUT2D eigenvalue weighted by atomic mass is 16.7. The lowest BCUT2D eigenvalue weighted by molar-refractivity contribution is -0.385. The van der Waals surface area contributed by atoms with E-state index in [1.165, 1.54) is 25.5 Å². The number of ether oxygens (including phenoxy) is 3. The van der Waals surface area contributed by atoms with Gasteiger partial charge < -0.3 is 19.5 Å². The summed E-state index contributed by atoms with van der Waals surface area (Å²) in [7, 11) is 1.53. The number of hydrogen-bond acceptors (Lipinski definition) is 8. The monoisotopic (exact) mass is 372 g/mol. The molecule has 2 aromatic rings. The number of rotatable bonds is 7. The third kappa shape index (κ3) is 4.24. The first-order valence-corrected chi connectivity index (χ1v) is 7.85. The second-order valence-electron chi connectivity index (χ2n) is 5.37. The van der Waals surface area contributed by atoms with Crippen molar-refractivity contribution in [2.24, 2.45) is 5.10 Å². The molecule has 0 bridgehead atoms. The molecule has 0 unspecified atom stereocenters. The van der Waals surface area contributed by atoms with Crippen LogP contribution in [-0.2, 0) is 4.79 Å². The zero-order valence-corrected chi connectivity index (χ0v) is 14.3. The Balaban J connectivity index is 1.62. The van der Waals surface area contributed by atoms with E-state index in [4.69, 9.17) is 14.2 Å². The number of nitrogens with one attached hydrogen (secondary N) is 2. The van der Waals surface area contributed by atoms with Crippen molar-refractivity contribution in [3.8, 4) is 17.2 Å². The number of carbonyl (C=O) groups is 1. The molecule has 0 aliphatic carbocycles. The fourth-order valence-corrected chi connectivity index (χ4v) is 2.39. The van der Waals surface area contributed by atoms with Gasteiger partial charge in [0.05, 0.1) is 42.1 Å². The molecule has 0 saturated carbocycles. The molecule has 10 heteroatoms. The minimum absolute atomic E-state index is 0.00155. The molecule has 27 heavy (non-hydrogen) atoms. The van der Waals surface area contributed by atoms with Gasteiger partial charge in [-0.05, 0) is 18.2 Å². The number of benzene rings is 2. The summed E-state index contributed by atoms with van der Waals surface area (Å²) in [6, 6.07) is 9.84. The number of hydrazone groups is 1. The van der Waals surface area contributed by atoms with Gasteiger partial charge in [0.15, 0.2) is 11.5 Å². The molecule has 0 spiro atoms. The van der Waals surface area contributed by atoms with Crippen molar-refractivity contribution < 1.29 is 23.9 Å². The van der Waals surface area contributed by atoms with Crippen LogP contribution in [0.15, 0.2) is 41.5 Å². The van der Waals surface area contributed by atoms with Crippen molar-refractivity contribution in [1.29, 1.82) is 0 Å². The van der Waals surface area contributed by atoms with E-state index >= 15 is 0 Å². The van der Waals surface area contributed by atoms with Crippen LogP contribution in [0, 0.1) is 10.1 Å². The van der Waals surface area contributed by atoms with E-state index in [0.29, 0.717) is 22.9 Å². The summed E-state index contributed by atoms with van der Waals surface area (Å²) < 4.78 is 15.5. The second kappa shape index (κ2) is 8.04. The molecule has 3 rings (SSSR count). The molecule has 0 saturated heterocycles. The molecule has 0 radical (unpaired) electrons. The Kier molecular flexibility index (Phi) is 5.36. The van der Waals surface area contributed by atoms with Crippen molar-refractivity contribution in [2.75, 3.05) is 25.8 Å². The number of nitro groups is 1. The summed E-state index contributed by atoms with van der Waals surface area (Å²) in [6.45, 7) is -0.0562. The third-order valence-electron chi connectivity index (χ3n) is 3.66. The molecule has 0 fully saturated rings. The van der Waals surface area contributed by atoms with Crippen LogP contribution in [0.2, 0.25) is 0 Å². The Hall–Kier alpha value is -3.82. The zero-order chi connectivity index (χ0) is 19.2. The summed E-state index contributed by atoms with van der Waals surface area (Å²) in [5.41, 5.74) is 2.94. The molecule has 10 nitrogen and oxygen atoms in total. The van der Waals surface area contributed by atoms with Crippen LogP contribution < -0.4 is 25.0 Å². The number of para-hydroxylation sites is 2. The Bertz CT molecular complexity index is 899. The molecule has 140 valence electrons. The smallest absolute Gasteiger partial charge is 0.282 e. The average molecular weight is 372 g/mol. The van der Waals surface area contributed by atoms with Crippen LogP contribution in [0.3, 0.4) is 0 Å². The summed E-state index contributed by atoms with van der Waals surface area (Å²) >= 11 is 0. The number of hydrogen-bond donors (Lipinski definition) is 2. The quantitative estimate of drug-likeness (QED) is 0.432. The fourth-order valence-electron chi connectivity index (χ4n) is 2.39. The van der Waals surface area contributed by atoms with Gasteiger partial charge in [-0.15, -0.1) is 0 Å². The molecule has 2 N–H and O–H groups in total. The van der Waals surface area contributed by atoms with E-state index < -0.39 is 10.8 Å². The van der Waals surface area contributed by atoms with Crippen molar-refractivity contribution >= 4 is 23.5 Å². The lowest BCUT2D eigenvalue weighted by atomic mass is 10.1. The van der Waals surface area contributed by atoms with Gasteiger partial charge in [0.2, 0.25) is 6.79 Å². The Labute approximate surface area is 153 Å². The predicted molar refractivity (Wildman–Crippen MR) is 96.4 cm³/mol. The number of nitrogens with zero attached hydrogens (tertiary/aromatic N) is 2. The van der Waals surface area contributed by atoms with E-state index in [0.717, 1.165) is 0 Å². The molecule has 1 amide bonds. The zero-order valence-electron chi connectivity index (χ0n) is 14.3. The normalized spacial score (nSPS) is 12.0. The standard InChI is InChI=1S/C17H16N4O6/c1-25-14-5-3-2-4-12(14)18-9-17(22)20-19-8-11-6-15-16(27-10-26-15)7-13(11)21(23)24/h2-8,18H,9-10H2,1H3,(H,20,22)/b19-8+. The number of amides is 1. The number of anilines is 1. The predicted octanol–water partition coefficient (Wildman–Crippen LogP) is 1.89. The number of nitro benzene ring substituents is 1. The lowest BCUT2D eigenvalue weighted by Gasteiger charge is -2.09. The van der Waals surface area contributed by atoms with Crippen molar-refractivity contribution in [3.05, 3.63) is 52.1 Å². The Morgan fingerprint density at radius 3 is 2.81 bits per heavy atom. The van der Waals surface area contributed by atoms with Crippen LogP contribution in [0.4, 0.5) is 11.4 Å². The van der Waals surface area contributed by atoms with E-state index in [1.54, 1.807) is 18.2 Å². The third-order valence-corrected chi connectivity index (χ3v) is 3.66.